The Morgan fingerprint density at radius 3 is 1.81 bits per heavy atom. The lowest BCUT2D eigenvalue weighted by atomic mass is 10.0. The molecular formula is C24H39Cl3N2O2. The number of carbonyl (C=O) groups excluding carboxylic acids is 1. The van der Waals surface area contributed by atoms with Crippen LogP contribution in [-0.4, -0.2) is 23.0 Å². The van der Waals surface area contributed by atoms with Gasteiger partial charge in [-0.25, -0.2) is 0 Å². The summed E-state index contributed by atoms with van der Waals surface area (Å²) in [6.45, 7) is 2.25. The Morgan fingerprint density at radius 1 is 0.871 bits per heavy atom. The fraction of sp³-hybridized carbons (Fsp3) is 0.708. The maximum atomic E-state index is 12.3. The zero-order valence-corrected chi connectivity index (χ0v) is 21.3. The lowest BCUT2D eigenvalue weighted by molar-refractivity contribution is -0.121. The predicted molar refractivity (Wildman–Crippen MR) is 135 cm³/mol. The van der Waals surface area contributed by atoms with Crippen molar-refractivity contribution < 1.29 is 9.53 Å². The van der Waals surface area contributed by atoms with Gasteiger partial charge in [0.25, 0.3) is 0 Å². The van der Waals surface area contributed by atoms with Crippen LogP contribution in [0.5, 0.6) is 5.75 Å². The summed E-state index contributed by atoms with van der Waals surface area (Å²) < 4.78 is 3.47. The monoisotopic (exact) mass is 492 g/mol. The number of alkyl halides is 3. The highest BCUT2D eigenvalue weighted by atomic mass is 35.6. The average Bonchev–Trinajstić information content (AvgIpc) is 2.74. The van der Waals surface area contributed by atoms with E-state index in [0.717, 1.165) is 24.3 Å². The van der Waals surface area contributed by atoms with Crippen LogP contribution >= 0.6 is 34.8 Å². The molecule has 1 amide bonds. The Balaban J connectivity index is 2.18. The van der Waals surface area contributed by atoms with Gasteiger partial charge in [-0.05, 0) is 30.7 Å². The van der Waals surface area contributed by atoms with E-state index >= 15 is 0 Å². The third-order valence-electron chi connectivity index (χ3n) is 5.29. The van der Waals surface area contributed by atoms with Crippen LogP contribution in [0.1, 0.15) is 90.4 Å². The number of hydrogen-bond acceptors (Lipinski definition) is 3. The van der Waals surface area contributed by atoms with Crippen LogP contribution in [0.2, 0.25) is 0 Å². The van der Waals surface area contributed by atoms with Crippen LogP contribution in [0.25, 0.3) is 0 Å². The Kier molecular flexibility index (Phi) is 15.2. The average molecular weight is 494 g/mol. The van der Waals surface area contributed by atoms with E-state index in [1.807, 2.05) is 0 Å². The van der Waals surface area contributed by atoms with Gasteiger partial charge in [0.15, 0.2) is 0 Å². The van der Waals surface area contributed by atoms with E-state index < -0.39 is 9.96 Å². The molecule has 1 atom stereocenters. The van der Waals surface area contributed by atoms with Gasteiger partial charge in [0.05, 0.1) is 7.11 Å². The van der Waals surface area contributed by atoms with Crippen molar-refractivity contribution in [1.29, 1.82) is 0 Å². The minimum Gasteiger partial charge on any atom is -0.497 e. The van der Waals surface area contributed by atoms with Crippen molar-refractivity contribution >= 4 is 46.4 Å². The van der Waals surface area contributed by atoms with E-state index in [1.54, 1.807) is 31.4 Å². The third kappa shape index (κ3) is 14.0. The van der Waals surface area contributed by atoms with Crippen molar-refractivity contribution in [2.75, 3.05) is 12.4 Å². The number of amides is 1. The number of hydrogen-bond donors (Lipinski definition) is 2. The van der Waals surface area contributed by atoms with Crippen LogP contribution in [-0.2, 0) is 4.79 Å². The van der Waals surface area contributed by atoms with Crippen LogP contribution < -0.4 is 15.4 Å². The van der Waals surface area contributed by atoms with Gasteiger partial charge in [-0.3, -0.25) is 4.79 Å². The van der Waals surface area contributed by atoms with Crippen molar-refractivity contribution in [3.05, 3.63) is 24.3 Å². The smallest absolute Gasteiger partial charge is 0.228 e. The standard InChI is InChI=1S/C24H39Cl3N2O2/c1-3-4-5-6-7-8-9-10-11-12-13-14-15-22(30)29-23(24(25,26)27)28-20-16-18-21(31-2)19-17-20/h16-19,23,28H,3-15H2,1-2H3,(H,29,30). The quantitative estimate of drug-likeness (QED) is 0.131. The van der Waals surface area contributed by atoms with Crippen molar-refractivity contribution in [2.45, 2.75) is 100 Å². The summed E-state index contributed by atoms with van der Waals surface area (Å²) in [6.07, 6.45) is 14.7. The number of benzene rings is 1. The molecule has 1 aromatic rings. The molecule has 178 valence electrons. The molecule has 0 saturated heterocycles. The zero-order chi connectivity index (χ0) is 23.0. The van der Waals surface area contributed by atoms with E-state index in [9.17, 15) is 4.79 Å². The largest absolute Gasteiger partial charge is 0.497 e. The minimum atomic E-state index is -1.67. The van der Waals surface area contributed by atoms with Gasteiger partial charge in [-0.15, -0.1) is 0 Å². The summed E-state index contributed by atoms with van der Waals surface area (Å²) in [5.41, 5.74) is 0.725. The van der Waals surface area contributed by atoms with Gasteiger partial charge < -0.3 is 15.4 Å². The second-order valence-corrected chi connectivity index (χ2v) is 10.4. The fourth-order valence-electron chi connectivity index (χ4n) is 3.41. The molecule has 0 aliphatic heterocycles. The highest BCUT2D eigenvalue weighted by Gasteiger charge is 2.33. The van der Waals surface area contributed by atoms with Gasteiger partial charge in [-0.1, -0.05) is 112 Å². The number of ether oxygens (including phenoxy) is 1. The van der Waals surface area contributed by atoms with E-state index in [4.69, 9.17) is 39.5 Å². The topological polar surface area (TPSA) is 50.4 Å². The number of anilines is 1. The molecule has 2 N–H and O–H groups in total. The minimum absolute atomic E-state index is 0.121. The molecule has 4 nitrogen and oxygen atoms in total. The summed E-state index contributed by atoms with van der Waals surface area (Å²) in [7, 11) is 1.60. The number of methoxy groups -OCH3 is 1. The van der Waals surface area contributed by atoms with Crippen molar-refractivity contribution in [3.8, 4) is 5.75 Å². The molecule has 0 heterocycles. The molecule has 0 radical (unpaired) electrons. The second kappa shape index (κ2) is 16.7. The highest BCUT2D eigenvalue weighted by Crippen LogP contribution is 2.31. The van der Waals surface area contributed by atoms with Crippen molar-refractivity contribution in [2.24, 2.45) is 0 Å². The van der Waals surface area contributed by atoms with E-state index in [0.29, 0.717) is 6.42 Å². The van der Waals surface area contributed by atoms with E-state index in [2.05, 4.69) is 17.6 Å². The molecule has 0 fully saturated rings. The van der Waals surface area contributed by atoms with Gasteiger partial charge in [0, 0.05) is 12.1 Å². The molecule has 0 spiro atoms. The van der Waals surface area contributed by atoms with Crippen molar-refractivity contribution in [1.82, 2.24) is 5.32 Å². The number of carbonyl (C=O) groups is 1. The normalized spacial score (nSPS) is 12.4. The van der Waals surface area contributed by atoms with E-state index in [1.165, 1.54) is 64.2 Å². The molecule has 0 aromatic heterocycles. The lowest BCUT2D eigenvalue weighted by Gasteiger charge is -2.27. The molecule has 0 aliphatic carbocycles. The molecule has 7 heteroatoms. The van der Waals surface area contributed by atoms with Gasteiger partial charge in [-0.2, -0.15) is 0 Å². The number of unbranched alkanes of at least 4 members (excludes halogenated alkanes) is 11. The van der Waals surface area contributed by atoms with Crippen molar-refractivity contribution in [3.63, 3.8) is 0 Å². The Bertz CT molecular complexity index is 591. The number of rotatable bonds is 17. The molecule has 0 bridgehead atoms. The summed E-state index contributed by atoms with van der Waals surface area (Å²) in [4.78, 5) is 12.3. The molecular weight excluding hydrogens is 455 g/mol. The fourth-order valence-corrected chi connectivity index (χ4v) is 3.74. The lowest BCUT2D eigenvalue weighted by Crippen LogP contribution is -2.49. The van der Waals surface area contributed by atoms with Gasteiger partial charge in [0.1, 0.15) is 11.9 Å². The number of halogens is 3. The summed E-state index contributed by atoms with van der Waals surface area (Å²) in [5, 5.41) is 5.86. The first-order chi connectivity index (χ1) is 14.9. The maximum Gasteiger partial charge on any atom is 0.228 e. The first-order valence-electron chi connectivity index (χ1n) is 11.6. The summed E-state index contributed by atoms with van der Waals surface area (Å²) in [5.74, 6) is 0.608. The first-order valence-corrected chi connectivity index (χ1v) is 12.8. The zero-order valence-electron chi connectivity index (χ0n) is 19.0. The third-order valence-corrected chi connectivity index (χ3v) is 5.95. The van der Waals surface area contributed by atoms with Crippen LogP contribution in [0.3, 0.4) is 0 Å². The Hall–Kier alpha value is -0.840. The van der Waals surface area contributed by atoms with Gasteiger partial charge >= 0.3 is 0 Å². The molecule has 1 unspecified atom stereocenters. The molecule has 1 rings (SSSR count). The van der Waals surface area contributed by atoms with Crippen LogP contribution in [0.15, 0.2) is 24.3 Å². The molecule has 0 aliphatic rings. The molecule has 0 saturated carbocycles. The number of nitrogens with one attached hydrogen (secondary N) is 2. The first kappa shape index (κ1) is 28.2. The Labute approximate surface area is 203 Å². The SMILES string of the molecule is CCCCCCCCCCCCCCC(=O)NC(Nc1ccc(OC)cc1)C(Cl)(Cl)Cl. The molecule has 1 aromatic carbocycles. The predicted octanol–water partition coefficient (Wildman–Crippen LogP) is 8.01. The Morgan fingerprint density at radius 2 is 1.35 bits per heavy atom. The second-order valence-electron chi connectivity index (χ2n) is 8.05. The van der Waals surface area contributed by atoms with Crippen LogP contribution in [0, 0.1) is 0 Å². The van der Waals surface area contributed by atoms with Crippen LogP contribution in [0.4, 0.5) is 5.69 Å². The summed E-state index contributed by atoms with van der Waals surface area (Å²) >= 11 is 18.2. The maximum absolute atomic E-state index is 12.3. The highest BCUT2D eigenvalue weighted by molar-refractivity contribution is 6.68. The molecule has 31 heavy (non-hydrogen) atoms. The van der Waals surface area contributed by atoms with Gasteiger partial charge in [0.2, 0.25) is 9.70 Å². The van der Waals surface area contributed by atoms with E-state index in [-0.39, 0.29) is 5.91 Å². The summed E-state index contributed by atoms with van der Waals surface area (Å²) in [6, 6.07) is 7.21.